The average molecular weight is 264 g/mol. The van der Waals surface area contributed by atoms with Gasteiger partial charge in [0.25, 0.3) is 0 Å². The third kappa shape index (κ3) is 2.25. The zero-order chi connectivity index (χ0) is 12.5. The Balaban J connectivity index is 3.47. The summed E-state index contributed by atoms with van der Waals surface area (Å²) in [4.78, 5) is 0.154. The molecule has 0 spiro atoms. The maximum Gasteiger partial charge on any atom is 0.195 e. The standard InChI is InChI=1S/C10H14ClNO3S/c1-6-4-8(12)9(15-3)5-10(6)16(13,14)7(2)11/h4-5,7H,12H2,1-3H3. The van der Waals surface area contributed by atoms with E-state index in [1.807, 2.05) is 0 Å². The Labute approximate surface area is 100 Å². The molecule has 1 atom stereocenters. The van der Waals surface area contributed by atoms with Gasteiger partial charge in [0.15, 0.2) is 9.84 Å². The third-order valence-electron chi connectivity index (χ3n) is 2.26. The molecule has 0 aliphatic carbocycles. The lowest BCUT2D eigenvalue weighted by molar-refractivity contribution is 0.415. The van der Waals surface area contributed by atoms with Crippen LogP contribution < -0.4 is 10.5 Å². The van der Waals surface area contributed by atoms with Crippen molar-refractivity contribution in [1.82, 2.24) is 0 Å². The molecule has 4 nitrogen and oxygen atoms in total. The van der Waals surface area contributed by atoms with E-state index in [9.17, 15) is 8.42 Å². The van der Waals surface area contributed by atoms with Crippen molar-refractivity contribution in [2.75, 3.05) is 12.8 Å². The fraction of sp³-hybridized carbons (Fsp3) is 0.400. The molecule has 0 aliphatic rings. The summed E-state index contributed by atoms with van der Waals surface area (Å²) >= 11 is 5.65. The van der Waals surface area contributed by atoms with Crippen LogP contribution >= 0.6 is 11.6 Å². The molecule has 2 N–H and O–H groups in total. The van der Waals surface area contributed by atoms with Gasteiger partial charge in [-0.1, -0.05) is 0 Å². The van der Waals surface area contributed by atoms with Crippen molar-refractivity contribution in [3.63, 3.8) is 0 Å². The summed E-state index contributed by atoms with van der Waals surface area (Å²) in [6.45, 7) is 3.08. The highest BCUT2D eigenvalue weighted by Crippen LogP contribution is 2.30. The minimum absolute atomic E-state index is 0.154. The number of nitrogen functional groups attached to an aromatic ring is 1. The van der Waals surface area contributed by atoms with Gasteiger partial charge in [-0.2, -0.15) is 0 Å². The molecule has 0 bridgehead atoms. The molecule has 6 heteroatoms. The van der Waals surface area contributed by atoms with Gasteiger partial charge in [-0.15, -0.1) is 11.6 Å². The number of alkyl halides is 1. The number of rotatable bonds is 3. The average Bonchev–Trinajstić information content (AvgIpc) is 2.17. The molecule has 1 aromatic rings. The molecule has 1 aromatic carbocycles. The highest BCUT2D eigenvalue weighted by molar-refractivity contribution is 7.93. The molecular formula is C10H14ClNO3S. The fourth-order valence-corrected chi connectivity index (χ4v) is 2.77. The number of hydrogen-bond donors (Lipinski definition) is 1. The van der Waals surface area contributed by atoms with Crippen LogP contribution in [-0.4, -0.2) is 20.2 Å². The Kier molecular flexibility index (Phi) is 3.70. The summed E-state index contributed by atoms with van der Waals surface area (Å²) in [5, 5.41) is 0. The SMILES string of the molecule is COc1cc(S(=O)(=O)C(C)Cl)c(C)cc1N. The normalized spacial score (nSPS) is 13.5. The largest absolute Gasteiger partial charge is 0.495 e. The van der Waals surface area contributed by atoms with Gasteiger partial charge in [-0.25, -0.2) is 8.42 Å². The minimum Gasteiger partial charge on any atom is -0.495 e. The number of benzene rings is 1. The Morgan fingerprint density at radius 3 is 2.44 bits per heavy atom. The van der Waals surface area contributed by atoms with Crippen LogP contribution in [-0.2, 0) is 9.84 Å². The number of halogens is 1. The first-order valence-corrected chi connectivity index (χ1v) is 6.61. The summed E-state index contributed by atoms with van der Waals surface area (Å²) < 4.78 is 27.8. The van der Waals surface area contributed by atoms with E-state index >= 15 is 0 Å². The lowest BCUT2D eigenvalue weighted by Gasteiger charge is -2.12. The molecule has 0 aliphatic heterocycles. The van der Waals surface area contributed by atoms with E-state index in [2.05, 4.69) is 0 Å². The second-order valence-electron chi connectivity index (χ2n) is 3.45. The summed E-state index contributed by atoms with van der Waals surface area (Å²) in [6.07, 6.45) is 0. The van der Waals surface area contributed by atoms with Crippen molar-refractivity contribution in [3.8, 4) is 5.75 Å². The molecule has 0 radical (unpaired) electrons. The quantitative estimate of drug-likeness (QED) is 0.668. The van der Waals surface area contributed by atoms with Gasteiger partial charge in [-0.3, -0.25) is 0 Å². The van der Waals surface area contributed by atoms with Crippen LogP contribution in [0.15, 0.2) is 17.0 Å². The first-order chi connectivity index (χ1) is 7.30. The lowest BCUT2D eigenvalue weighted by atomic mass is 10.2. The number of methoxy groups -OCH3 is 1. The Bertz CT molecular complexity index is 497. The van der Waals surface area contributed by atoms with Gasteiger partial charge in [-0.05, 0) is 25.5 Å². The summed E-state index contributed by atoms with van der Waals surface area (Å²) in [6, 6.07) is 2.96. The van der Waals surface area contributed by atoms with Crippen LogP contribution in [0.1, 0.15) is 12.5 Å². The minimum atomic E-state index is -3.53. The van der Waals surface area contributed by atoms with Crippen molar-refractivity contribution in [2.24, 2.45) is 0 Å². The van der Waals surface area contributed by atoms with Crippen LogP contribution in [0, 0.1) is 6.92 Å². The number of anilines is 1. The smallest absolute Gasteiger partial charge is 0.195 e. The molecule has 0 saturated heterocycles. The van der Waals surface area contributed by atoms with Gasteiger partial charge >= 0.3 is 0 Å². The molecule has 0 amide bonds. The van der Waals surface area contributed by atoms with E-state index in [0.717, 1.165) is 0 Å². The number of sulfone groups is 1. The van der Waals surface area contributed by atoms with E-state index in [1.54, 1.807) is 13.0 Å². The van der Waals surface area contributed by atoms with Crippen molar-refractivity contribution in [2.45, 2.75) is 23.5 Å². The molecule has 16 heavy (non-hydrogen) atoms. The van der Waals surface area contributed by atoms with Crippen molar-refractivity contribution < 1.29 is 13.2 Å². The number of aryl methyl sites for hydroxylation is 1. The molecular weight excluding hydrogens is 250 g/mol. The first-order valence-electron chi connectivity index (χ1n) is 4.62. The summed E-state index contributed by atoms with van der Waals surface area (Å²) in [5.41, 5.74) is 6.63. The summed E-state index contributed by atoms with van der Waals surface area (Å²) in [7, 11) is -2.09. The number of ether oxygens (including phenoxy) is 1. The van der Waals surface area contributed by atoms with E-state index in [4.69, 9.17) is 22.1 Å². The zero-order valence-electron chi connectivity index (χ0n) is 9.32. The summed E-state index contributed by atoms with van der Waals surface area (Å²) in [5.74, 6) is 0.335. The number of nitrogens with two attached hydrogens (primary N) is 1. The second kappa shape index (κ2) is 4.51. The van der Waals surface area contributed by atoms with E-state index in [-0.39, 0.29) is 4.90 Å². The van der Waals surface area contributed by atoms with E-state index in [0.29, 0.717) is 17.0 Å². The highest BCUT2D eigenvalue weighted by atomic mass is 35.5. The van der Waals surface area contributed by atoms with E-state index in [1.165, 1.54) is 20.1 Å². The van der Waals surface area contributed by atoms with Crippen LogP contribution in [0.3, 0.4) is 0 Å². The van der Waals surface area contributed by atoms with Gasteiger partial charge in [0, 0.05) is 6.07 Å². The van der Waals surface area contributed by atoms with Crippen molar-refractivity contribution >= 4 is 27.1 Å². The maximum absolute atomic E-state index is 11.9. The molecule has 1 unspecified atom stereocenters. The van der Waals surface area contributed by atoms with Crippen LogP contribution in [0.5, 0.6) is 5.75 Å². The zero-order valence-corrected chi connectivity index (χ0v) is 10.9. The number of hydrogen-bond acceptors (Lipinski definition) is 4. The maximum atomic E-state index is 11.9. The van der Waals surface area contributed by atoms with Gasteiger partial charge in [0.1, 0.15) is 10.5 Å². The van der Waals surface area contributed by atoms with Crippen LogP contribution in [0.4, 0.5) is 5.69 Å². The fourth-order valence-electron chi connectivity index (χ4n) is 1.35. The highest BCUT2D eigenvalue weighted by Gasteiger charge is 2.24. The monoisotopic (exact) mass is 263 g/mol. The molecule has 0 saturated carbocycles. The van der Waals surface area contributed by atoms with E-state index < -0.39 is 14.5 Å². The van der Waals surface area contributed by atoms with Gasteiger partial charge in [0.05, 0.1) is 17.7 Å². The Hall–Kier alpha value is -0.940. The predicted molar refractivity (Wildman–Crippen MR) is 64.6 cm³/mol. The van der Waals surface area contributed by atoms with Gasteiger partial charge < -0.3 is 10.5 Å². The molecule has 0 aromatic heterocycles. The first kappa shape index (κ1) is 13.1. The topological polar surface area (TPSA) is 69.4 Å². The van der Waals surface area contributed by atoms with Crippen molar-refractivity contribution in [1.29, 1.82) is 0 Å². The second-order valence-corrected chi connectivity index (χ2v) is 6.60. The molecule has 90 valence electrons. The Morgan fingerprint density at radius 1 is 1.44 bits per heavy atom. The lowest BCUT2D eigenvalue weighted by Crippen LogP contribution is -2.13. The van der Waals surface area contributed by atoms with Gasteiger partial charge in [0.2, 0.25) is 0 Å². The predicted octanol–water partition coefficient (Wildman–Crippen LogP) is 1.94. The molecule has 0 fully saturated rings. The third-order valence-corrected chi connectivity index (χ3v) is 4.87. The van der Waals surface area contributed by atoms with Crippen LogP contribution in [0.25, 0.3) is 0 Å². The Morgan fingerprint density at radius 2 is 2.00 bits per heavy atom. The van der Waals surface area contributed by atoms with Crippen molar-refractivity contribution in [3.05, 3.63) is 17.7 Å². The molecule has 1 rings (SSSR count). The van der Waals surface area contributed by atoms with Crippen LogP contribution in [0.2, 0.25) is 0 Å². The molecule has 0 heterocycles.